The summed E-state index contributed by atoms with van der Waals surface area (Å²) in [4.78, 5) is 0.380. The zero-order valence-corrected chi connectivity index (χ0v) is 12.7. The van der Waals surface area contributed by atoms with E-state index in [-0.39, 0.29) is 5.75 Å². The Hall–Kier alpha value is -1.59. The Morgan fingerprint density at radius 2 is 1.80 bits per heavy atom. The predicted molar refractivity (Wildman–Crippen MR) is 78.3 cm³/mol. The van der Waals surface area contributed by atoms with Gasteiger partial charge in [0.25, 0.3) is 0 Å². The number of aryl methyl sites for hydroxylation is 3. The van der Waals surface area contributed by atoms with Crippen LogP contribution in [0.4, 0.5) is 0 Å². The van der Waals surface area contributed by atoms with E-state index in [4.69, 9.17) is 10.2 Å². The van der Waals surface area contributed by atoms with Crippen LogP contribution in [0.1, 0.15) is 28.5 Å². The van der Waals surface area contributed by atoms with Crippen molar-refractivity contribution in [1.82, 2.24) is 0 Å². The number of hydrogen-bond acceptors (Lipinski definition) is 4. The maximum Gasteiger partial charge on any atom is 0.180 e. The summed E-state index contributed by atoms with van der Waals surface area (Å²) in [5.41, 5.74) is 8.49. The van der Waals surface area contributed by atoms with Gasteiger partial charge in [0.1, 0.15) is 5.76 Å². The summed E-state index contributed by atoms with van der Waals surface area (Å²) in [6.45, 7) is 5.57. The highest BCUT2D eigenvalue weighted by Crippen LogP contribution is 2.25. The lowest BCUT2D eigenvalue weighted by Crippen LogP contribution is -2.22. The molecule has 0 aliphatic heterocycles. The molecule has 4 nitrogen and oxygen atoms in total. The molecular weight excluding hydrogens is 274 g/mol. The first-order chi connectivity index (χ1) is 9.31. The summed E-state index contributed by atoms with van der Waals surface area (Å²) >= 11 is 0. The van der Waals surface area contributed by atoms with E-state index in [9.17, 15) is 8.42 Å². The van der Waals surface area contributed by atoms with Gasteiger partial charge in [0.15, 0.2) is 9.84 Å². The number of hydrogen-bond donors (Lipinski definition) is 1. The average molecular weight is 293 g/mol. The molecule has 5 heteroatoms. The second-order valence-electron chi connectivity index (χ2n) is 5.13. The first-order valence-electron chi connectivity index (χ1n) is 6.41. The number of nitrogens with two attached hydrogens (primary N) is 1. The van der Waals surface area contributed by atoms with Gasteiger partial charge in [0, 0.05) is 0 Å². The van der Waals surface area contributed by atoms with Gasteiger partial charge in [-0.2, -0.15) is 0 Å². The Morgan fingerprint density at radius 3 is 2.30 bits per heavy atom. The van der Waals surface area contributed by atoms with Crippen LogP contribution in [-0.2, 0) is 9.84 Å². The number of rotatable bonds is 4. The van der Waals surface area contributed by atoms with Crippen LogP contribution < -0.4 is 5.73 Å². The predicted octanol–water partition coefficient (Wildman–Crippen LogP) is 2.68. The third kappa shape index (κ3) is 2.94. The van der Waals surface area contributed by atoms with E-state index in [0.29, 0.717) is 10.7 Å². The topological polar surface area (TPSA) is 73.3 Å². The minimum Gasteiger partial charge on any atom is -0.468 e. The number of furan rings is 1. The monoisotopic (exact) mass is 293 g/mol. The molecule has 2 aromatic rings. The van der Waals surface area contributed by atoms with Crippen LogP contribution in [0.3, 0.4) is 0 Å². The maximum atomic E-state index is 12.6. The molecule has 1 aromatic carbocycles. The van der Waals surface area contributed by atoms with Gasteiger partial charge in [0.2, 0.25) is 0 Å². The van der Waals surface area contributed by atoms with Crippen LogP contribution in [0.5, 0.6) is 0 Å². The highest BCUT2D eigenvalue weighted by Gasteiger charge is 2.24. The Bertz CT molecular complexity index is 680. The van der Waals surface area contributed by atoms with E-state index in [0.717, 1.165) is 16.7 Å². The van der Waals surface area contributed by atoms with Gasteiger partial charge in [-0.05, 0) is 44.0 Å². The third-order valence-corrected chi connectivity index (χ3v) is 5.29. The molecule has 0 aliphatic carbocycles. The molecule has 2 rings (SSSR count). The second-order valence-corrected chi connectivity index (χ2v) is 7.10. The normalized spacial score (nSPS) is 13.4. The Kier molecular flexibility index (Phi) is 4.01. The molecule has 1 aromatic heterocycles. The smallest absolute Gasteiger partial charge is 0.180 e. The third-order valence-electron chi connectivity index (χ3n) is 3.22. The van der Waals surface area contributed by atoms with Gasteiger partial charge < -0.3 is 10.2 Å². The Labute approximate surface area is 119 Å². The molecule has 108 valence electrons. The van der Waals surface area contributed by atoms with Gasteiger partial charge in [0.05, 0.1) is 23.0 Å². The molecule has 0 saturated carbocycles. The zero-order chi connectivity index (χ0) is 14.9. The van der Waals surface area contributed by atoms with Crippen molar-refractivity contribution < 1.29 is 12.8 Å². The van der Waals surface area contributed by atoms with Gasteiger partial charge in [-0.3, -0.25) is 0 Å². The molecule has 20 heavy (non-hydrogen) atoms. The lowest BCUT2D eigenvalue weighted by molar-refractivity contribution is 0.477. The van der Waals surface area contributed by atoms with Gasteiger partial charge in [-0.15, -0.1) is 0 Å². The standard InChI is InChI=1S/C15H19NO3S/c1-10-7-11(2)15(12(3)8-10)20(17,18)9-13(16)14-5-4-6-19-14/h4-8,13H,9,16H2,1-3H3. The SMILES string of the molecule is Cc1cc(C)c(S(=O)(=O)CC(N)c2ccco2)c(C)c1. The van der Waals surface area contributed by atoms with Crippen molar-refractivity contribution >= 4 is 9.84 Å². The molecule has 0 radical (unpaired) electrons. The quantitative estimate of drug-likeness (QED) is 0.940. The van der Waals surface area contributed by atoms with Crippen LogP contribution in [0.15, 0.2) is 39.8 Å². The molecule has 0 spiro atoms. The fourth-order valence-corrected chi connectivity index (χ4v) is 4.46. The van der Waals surface area contributed by atoms with Crippen molar-refractivity contribution in [1.29, 1.82) is 0 Å². The molecular formula is C15H19NO3S. The average Bonchev–Trinajstić information content (AvgIpc) is 2.78. The van der Waals surface area contributed by atoms with E-state index in [2.05, 4.69) is 0 Å². The van der Waals surface area contributed by atoms with Crippen LogP contribution in [0, 0.1) is 20.8 Å². The van der Waals surface area contributed by atoms with E-state index in [1.165, 1.54) is 6.26 Å². The van der Waals surface area contributed by atoms with Crippen LogP contribution in [0.2, 0.25) is 0 Å². The molecule has 1 heterocycles. The summed E-state index contributed by atoms with van der Waals surface area (Å²) < 4.78 is 30.3. The van der Waals surface area contributed by atoms with Crippen LogP contribution in [-0.4, -0.2) is 14.2 Å². The van der Waals surface area contributed by atoms with Gasteiger partial charge in [-0.1, -0.05) is 17.7 Å². The van der Waals surface area contributed by atoms with E-state index in [1.807, 2.05) is 32.9 Å². The zero-order valence-electron chi connectivity index (χ0n) is 11.9. The lowest BCUT2D eigenvalue weighted by atomic mass is 10.1. The number of benzene rings is 1. The minimum absolute atomic E-state index is 0.161. The molecule has 0 aliphatic rings. The summed E-state index contributed by atoms with van der Waals surface area (Å²) in [5, 5.41) is 0. The first kappa shape index (κ1) is 14.8. The van der Waals surface area contributed by atoms with Crippen LogP contribution in [0.25, 0.3) is 0 Å². The molecule has 1 unspecified atom stereocenters. The lowest BCUT2D eigenvalue weighted by Gasteiger charge is -2.14. The first-order valence-corrected chi connectivity index (χ1v) is 8.06. The van der Waals surface area contributed by atoms with Crippen molar-refractivity contribution in [3.8, 4) is 0 Å². The Morgan fingerprint density at radius 1 is 1.20 bits per heavy atom. The van der Waals surface area contributed by atoms with E-state index in [1.54, 1.807) is 12.1 Å². The largest absolute Gasteiger partial charge is 0.468 e. The minimum atomic E-state index is -3.45. The second kappa shape index (κ2) is 5.42. The van der Waals surface area contributed by atoms with Crippen LogP contribution >= 0.6 is 0 Å². The van der Waals surface area contributed by atoms with Crippen molar-refractivity contribution in [2.45, 2.75) is 31.7 Å². The van der Waals surface area contributed by atoms with Crippen molar-refractivity contribution in [2.24, 2.45) is 5.73 Å². The summed E-state index contributed by atoms with van der Waals surface area (Å²) in [7, 11) is -3.45. The van der Waals surface area contributed by atoms with Gasteiger partial charge >= 0.3 is 0 Å². The molecule has 0 amide bonds. The highest BCUT2D eigenvalue weighted by molar-refractivity contribution is 7.91. The summed E-state index contributed by atoms with van der Waals surface area (Å²) in [6.07, 6.45) is 1.49. The molecule has 0 saturated heterocycles. The maximum absolute atomic E-state index is 12.6. The summed E-state index contributed by atoms with van der Waals surface area (Å²) in [5.74, 6) is 0.321. The van der Waals surface area contributed by atoms with E-state index >= 15 is 0 Å². The van der Waals surface area contributed by atoms with Crippen molar-refractivity contribution in [2.75, 3.05) is 5.75 Å². The Balaban J connectivity index is 2.37. The highest BCUT2D eigenvalue weighted by atomic mass is 32.2. The fraction of sp³-hybridized carbons (Fsp3) is 0.333. The molecule has 0 bridgehead atoms. The number of sulfone groups is 1. The molecule has 2 N–H and O–H groups in total. The van der Waals surface area contributed by atoms with Crippen molar-refractivity contribution in [3.63, 3.8) is 0 Å². The van der Waals surface area contributed by atoms with Crippen molar-refractivity contribution in [3.05, 3.63) is 53.0 Å². The molecule has 1 atom stereocenters. The molecule has 0 fully saturated rings. The fourth-order valence-electron chi connectivity index (χ4n) is 2.56. The van der Waals surface area contributed by atoms with Gasteiger partial charge in [-0.25, -0.2) is 8.42 Å². The summed E-state index contributed by atoms with van der Waals surface area (Å²) in [6, 6.07) is 6.48. The van der Waals surface area contributed by atoms with E-state index < -0.39 is 15.9 Å².